The first-order valence-corrected chi connectivity index (χ1v) is 5.11. The molecule has 0 aliphatic rings. The van der Waals surface area contributed by atoms with E-state index in [1.165, 1.54) is 12.3 Å². The summed E-state index contributed by atoms with van der Waals surface area (Å²) in [6.07, 6.45) is 1.76. The number of nitrogens with one attached hydrogen (secondary N) is 1. The Morgan fingerprint density at radius 2 is 2.39 bits per heavy atom. The first-order valence-electron chi connectivity index (χ1n) is 8.61. The number of benzene rings is 1. The summed E-state index contributed by atoms with van der Waals surface area (Å²) >= 11 is 0. The number of hydrogen-bond acceptors (Lipinski definition) is 2. The third-order valence-electron chi connectivity index (χ3n) is 2.45. The van der Waals surface area contributed by atoms with Gasteiger partial charge < -0.3 is 0 Å². The minimum Gasteiger partial charge on any atom is -0.291 e. The highest BCUT2D eigenvalue weighted by Crippen LogP contribution is 2.21. The van der Waals surface area contributed by atoms with Crippen LogP contribution in [0.25, 0.3) is 10.9 Å². The van der Waals surface area contributed by atoms with E-state index in [1.807, 2.05) is 0 Å². The lowest BCUT2D eigenvalue weighted by molar-refractivity contribution is 0.622. The van der Waals surface area contributed by atoms with Gasteiger partial charge in [0.05, 0.1) is 22.9 Å². The lowest BCUT2D eigenvalue weighted by Gasteiger charge is -2.09. The average Bonchev–Trinajstić information content (AvgIpc) is 2.79. The van der Waals surface area contributed by atoms with Gasteiger partial charge in [-0.3, -0.25) is 15.1 Å². The van der Waals surface area contributed by atoms with E-state index in [9.17, 15) is 4.39 Å². The summed E-state index contributed by atoms with van der Waals surface area (Å²) in [5.41, 5.74) is 2.05. The molecule has 0 aliphatic heterocycles. The van der Waals surface area contributed by atoms with Gasteiger partial charge >= 0.3 is 0 Å². The smallest absolute Gasteiger partial charge is 0.166 e. The zero-order chi connectivity index (χ0) is 18.5. The van der Waals surface area contributed by atoms with Crippen LogP contribution >= 0.6 is 0 Å². The van der Waals surface area contributed by atoms with Crippen molar-refractivity contribution in [1.29, 1.82) is 0 Å². The van der Waals surface area contributed by atoms with E-state index in [2.05, 4.69) is 10.4 Å². The number of para-hydroxylation sites is 1. The summed E-state index contributed by atoms with van der Waals surface area (Å²) in [6, 6.07) is 1.26. The lowest BCUT2D eigenvalue weighted by Crippen LogP contribution is -2.08. The molecule has 1 aromatic carbocycles. The summed E-state index contributed by atoms with van der Waals surface area (Å²) in [7, 11) is 0. The highest BCUT2D eigenvalue weighted by atomic mass is 19.1. The minimum absolute atomic E-state index is 0.0158. The van der Waals surface area contributed by atoms with Gasteiger partial charge in [-0.15, -0.1) is 0 Å². The number of aryl methyl sites for hydroxylation is 1. The Bertz CT molecular complexity index is 981. The molecule has 0 bridgehead atoms. The zero-order valence-corrected chi connectivity index (χ0v) is 9.08. The van der Waals surface area contributed by atoms with Crippen molar-refractivity contribution in [2.24, 2.45) is 0 Å². The van der Waals surface area contributed by atoms with Crippen molar-refractivity contribution in [3.63, 3.8) is 0 Å². The molecule has 3 nitrogen and oxygen atoms in total. The van der Waals surface area contributed by atoms with Gasteiger partial charge in [0.25, 0.3) is 0 Å². The second-order valence-corrected chi connectivity index (χ2v) is 3.59. The molecule has 0 fully saturated rings. The van der Waals surface area contributed by atoms with E-state index in [0.29, 0.717) is 0 Å². The summed E-state index contributed by atoms with van der Waals surface area (Å²) in [6.45, 7) is -2.68. The molecule has 3 aromatic rings. The van der Waals surface area contributed by atoms with Crippen LogP contribution in [0.2, 0.25) is 0 Å². The van der Waals surface area contributed by atoms with E-state index < -0.39 is 30.9 Å². The molecule has 0 atom stereocenters. The summed E-state index contributed by atoms with van der Waals surface area (Å²) in [4.78, 5) is 3.61. The Morgan fingerprint density at radius 1 is 1.44 bits per heavy atom. The van der Waals surface area contributed by atoms with Crippen LogP contribution in [0.1, 0.15) is 15.2 Å². The van der Waals surface area contributed by atoms with Crippen molar-refractivity contribution in [3.05, 3.63) is 60.2 Å². The van der Waals surface area contributed by atoms with Crippen molar-refractivity contribution in [2.45, 2.75) is 6.85 Å². The molecule has 0 unspecified atom stereocenters. The first-order chi connectivity index (χ1) is 11.6. The van der Waals surface area contributed by atoms with E-state index in [4.69, 9.17) is 9.60 Å². The fourth-order valence-corrected chi connectivity index (χ4v) is 1.60. The average molecular weight is 248 g/mol. The van der Waals surface area contributed by atoms with Crippen molar-refractivity contribution in [1.82, 2.24) is 9.66 Å². The van der Waals surface area contributed by atoms with Crippen molar-refractivity contribution in [3.8, 4) is 0 Å². The standard InChI is InChI=1S/C14H12FN3/c1-10-9-18(14-5-3-2-4-11(10)14)17-13-6-7-16-8-12(13)15/h2-9H,1H3,(H,16,17)/i1D3,2D,3D,5D,9D. The maximum absolute atomic E-state index is 13.9. The predicted octanol–water partition coefficient (Wildman–Crippen LogP) is 3.36. The molecule has 90 valence electrons. The zero-order valence-electron chi connectivity index (χ0n) is 16.1. The SMILES string of the molecule is [2H]c1cc2c(C([2H])([2H])[2H])c([2H])n(Nc3ccncc3F)c2c([2H])c1[2H]. The summed E-state index contributed by atoms with van der Waals surface area (Å²) < 4.78 is 69.5. The third-order valence-corrected chi connectivity index (χ3v) is 2.45. The molecule has 0 saturated carbocycles. The molecule has 0 spiro atoms. The van der Waals surface area contributed by atoms with Crippen molar-refractivity contribution < 1.29 is 14.0 Å². The van der Waals surface area contributed by atoms with E-state index >= 15 is 0 Å². The fourth-order valence-electron chi connectivity index (χ4n) is 1.60. The molecule has 2 aromatic heterocycles. The molecule has 0 radical (unpaired) electrons. The Labute approximate surface area is 114 Å². The molecular formula is C14H12FN3. The molecule has 0 saturated heterocycles. The van der Waals surface area contributed by atoms with Crippen molar-refractivity contribution in [2.75, 3.05) is 5.43 Å². The highest BCUT2D eigenvalue weighted by Gasteiger charge is 2.06. The second-order valence-electron chi connectivity index (χ2n) is 3.59. The van der Waals surface area contributed by atoms with Gasteiger partial charge in [0, 0.05) is 21.9 Å². The molecule has 3 rings (SSSR count). The summed E-state index contributed by atoms with van der Waals surface area (Å²) in [5.74, 6) is -0.728. The number of rotatable bonds is 2. The number of hydrogen-bond donors (Lipinski definition) is 1. The molecule has 4 heteroatoms. The Morgan fingerprint density at radius 3 is 3.22 bits per heavy atom. The largest absolute Gasteiger partial charge is 0.291 e. The van der Waals surface area contributed by atoms with Crippen LogP contribution in [-0.2, 0) is 0 Å². The third kappa shape index (κ3) is 1.72. The molecular weight excluding hydrogens is 229 g/mol. The topological polar surface area (TPSA) is 29.9 Å². The number of nitrogens with zero attached hydrogens (tertiary/aromatic N) is 2. The van der Waals surface area contributed by atoms with Crippen LogP contribution in [-0.4, -0.2) is 9.66 Å². The van der Waals surface area contributed by atoms with E-state index in [0.717, 1.165) is 16.9 Å². The highest BCUT2D eigenvalue weighted by molar-refractivity contribution is 5.84. The number of aromatic nitrogens is 2. The van der Waals surface area contributed by atoms with Gasteiger partial charge in [-0.05, 0) is 24.5 Å². The van der Waals surface area contributed by atoms with Crippen LogP contribution in [0.5, 0.6) is 0 Å². The maximum Gasteiger partial charge on any atom is 0.166 e. The van der Waals surface area contributed by atoms with Gasteiger partial charge in [0.15, 0.2) is 5.82 Å². The molecule has 2 heterocycles. The monoisotopic (exact) mass is 248 g/mol. The van der Waals surface area contributed by atoms with Gasteiger partial charge in [-0.25, -0.2) is 4.39 Å². The maximum atomic E-state index is 13.9. The van der Waals surface area contributed by atoms with Crippen LogP contribution in [0.3, 0.4) is 0 Å². The normalized spacial score (nSPS) is 17.1. The van der Waals surface area contributed by atoms with Crippen LogP contribution in [0, 0.1) is 12.7 Å². The Kier molecular flexibility index (Phi) is 1.27. The number of fused-ring (bicyclic) bond motifs is 1. The summed E-state index contributed by atoms with van der Waals surface area (Å²) in [5, 5.41) is -0.0158. The molecule has 0 aliphatic carbocycles. The van der Waals surface area contributed by atoms with Crippen LogP contribution in [0.15, 0.2) is 48.8 Å². The number of halogens is 1. The van der Waals surface area contributed by atoms with E-state index in [-0.39, 0.29) is 28.2 Å². The Balaban J connectivity index is 2.37. The van der Waals surface area contributed by atoms with E-state index in [1.54, 1.807) is 0 Å². The molecule has 18 heavy (non-hydrogen) atoms. The van der Waals surface area contributed by atoms with Crippen LogP contribution < -0.4 is 5.43 Å². The lowest BCUT2D eigenvalue weighted by atomic mass is 10.2. The second kappa shape index (κ2) is 4.14. The van der Waals surface area contributed by atoms with Gasteiger partial charge in [0.2, 0.25) is 0 Å². The minimum atomic E-state index is -2.68. The Hall–Kier alpha value is -2.36. The van der Waals surface area contributed by atoms with Gasteiger partial charge in [-0.2, -0.15) is 0 Å². The first kappa shape index (κ1) is 5.52. The molecule has 1 N–H and O–H groups in total. The predicted molar refractivity (Wildman–Crippen MR) is 69.9 cm³/mol. The van der Waals surface area contributed by atoms with Crippen LogP contribution in [0.4, 0.5) is 10.1 Å². The van der Waals surface area contributed by atoms with Crippen molar-refractivity contribution >= 4 is 16.6 Å². The fraction of sp³-hybridized carbons (Fsp3) is 0.0714. The quantitative estimate of drug-likeness (QED) is 0.753. The van der Waals surface area contributed by atoms with Gasteiger partial charge in [0.1, 0.15) is 0 Å². The molecule has 0 amide bonds. The van der Waals surface area contributed by atoms with Gasteiger partial charge in [-0.1, -0.05) is 18.2 Å². The number of pyridine rings is 1. The number of anilines is 1.